The summed E-state index contributed by atoms with van der Waals surface area (Å²) >= 11 is 14.0. The Bertz CT molecular complexity index is 1540. The summed E-state index contributed by atoms with van der Waals surface area (Å²) in [6.07, 6.45) is -1.36. The first kappa shape index (κ1) is 35.8. The van der Waals surface area contributed by atoms with Gasteiger partial charge in [-0.05, 0) is 85.1 Å². The SMILES string of the molecule is CCN(C(=O)C1=C(C(C)C)N2C(=N[C@@](C)(c3ccc(Cl)cc3)[C@H]2c2ccc(Cl)cc2)S1)[C@@H]1CN(C(=O)O)C[C@H]1O[Si](CC)(CC)CC. The van der Waals surface area contributed by atoms with E-state index >= 15 is 0 Å². The van der Waals surface area contributed by atoms with Crippen LogP contribution in [0.2, 0.25) is 28.2 Å². The van der Waals surface area contributed by atoms with Crippen LogP contribution in [0.4, 0.5) is 4.79 Å². The number of amidine groups is 1. The van der Waals surface area contributed by atoms with Gasteiger partial charge in [0.2, 0.25) is 0 Å². The molecule has 5 rings (SSSR count). The van der Waals surface area contributed by atoms with Crippen molar-refractivity contribution in [2.45, 2.75) is 90.3 Å². The third-order valence-electron chi connectivity index (χ3n) is 10.2. The van der Waals surface area contributed by atoms with E-state index in [0.717, 1.165) is 40.1 Å². The van der Waals surface area contributed by atoms with Gasteiger partial charge in [-0.2, -0.15) is 0 Å². The minimum absolute atomic E-state index is 0.00157. The fourth-order valence-electron chi connectivity index (χ4n) is 7.37. The van der Waals surface area contributed by atoms with Crippen molar-refractivity contribution in [1.29, 1.82) is 0 Å². The van der Waals surface area contributed by atoms with Crippen LogP contribution in [0.3, 0.4) is 0 Å². The molecular weight excluding hydrogens is 671 g/mol. The minimum atomic E-state index is -2.09. The molecule has 3 aliphatic heterocycles. The number of aliphatic imine (C=N–C) groups is 1. The van der Waals surface area contributed by atoms with Gasteiger partial charge in [0.15, 0.2) is 13.5 Å². The molecule has 1 saturated heterocycles. The number of thioether (sulfide) groups is 1. The molecule has 8 nitrogen and oxygen atoms in total. The van der Waals surface area contributed by atoms with E-state index in [1.54, 1.807) is 0 Å². The highest BCUT2D eigenvalue weighted by molar-refractivity contribution is 8.18. The van der Waals surface area contributed by atoms with Crippen molar-refractivity contribution < 1.29 is 19.1 Å². The zero-order valence-electron chi connectivity index (χ0n) is 28.3. The highest BCUT2D eigenvalue weighted by Crippen LogP contribution is 2.56. The Morgan fingerprint density at radius 1 is 1.02 bits per heavy atom. The molecule has 2 aromatic carbocycles. The summed E-state index contributed by atoms with van der Waals surface area (Å²) in [5.74, 6) is -0.106. The fourth-order valence-corrected chi connectivity index (χ4v) is 11.9. The number of halogens is 2. The number of likely N-dealkylation sites (N-methyl/N-ethyl adjacent to an activating group) is 1. The quantitative estimate of drug-likeness (QED) is 0.234. The number of likely N-dealkylation sites (tertiary alicyclic amines) is 1. The summed E-state index contributed by atoms with van der Waals surface area (Å²) in [6.45, 7) is 15.7. The Labute approximate surface area is 294 Å². The molecule has 3 heterocycles. The highest BCUT2D eigenvalue weighted by atomic mass is 35.5. The van der Waals surface area contributed by atoms with Gasteiger partial charge in [0.25, 0.3) is 5.91 Å². The number of rotatable bonds is 11. The van der Waals surface area contributed by atoms with Gasteiger partial charge in [-0.15, -0.1) is 0 Å². The lowest BCUT2D eigenvalue weighted by Crippen LogP contribution is -2.52. The number of allylic oxidation sites excluding steroid dienone is 1. The minimum Gasteiger partial charge on any atom is -0.465 e. The molecule has 0 radical (unpaired) electrons. The molecule has 0 unspecified atom stereocenters. The summed E-state index contributed by atoms with van der Waals surface area (Å²) in [7, 11) is -2.09. The van der Waals surface area contributed by atoms with Crippen LogP contribution >= 0.6 is 35.0 Å². The first-order valence-electron chi connectivity index (χ1n) is 16.6. The van der Waals surface area contributed by atoms with E-state index in [1.807, 2.05) is 60.4 Å². The standard InChI is InChI=1S/C35H46Cl2N4O4SSi/c1-8-40(27-20-39(34(43)44)21-28(27)45-47(9-2,10-3)11-4)32(42)30-29(22(5)6)41-31(23-12-16-25(36)17-13-23)35(7,38-33(41)46-30)24-14-18-26(37)19-15-24/h12-19,22,27-28,31H,8-11,20-21H2,1-7H3,(H,43,44)/t27-,28-,31-,35+/m1/s1. The van der Waals surface area contributed by atoms with Crippen LogP contribution < -0.4 is 0 Å². The number of fused-ring (bicyclic) bond motifs is 1. The highest BCUT2D eigenvalue weighted by Gasteiger charge is 2.54. The van der Waals surface area contributed by atoms with Crippen molar-refractivity contribution >= 4 is 60.4 Å². The third-order valence-corrected chi connectivity index (χ3v) is 16.4. The van der Waals surface area contributed by atoms with Gasteiger partial charge >= 0.3 is 6.09 Å². The second-order valence-electron chi connectivity index (χ2n) is 13.1. The van der Waals surface area contributed by atoms with Crippen molar-refractivity contribution in [2.24, 2.45) is 10.9 Å². The van der Waals surface area contributed by atoms with Gasteiger partial charge in [0, 0.05) is 28.8 Å². The molecule has 4 atom stereocenters. The van der Waals surface area contributed by atoms with Crippen molar-refractivity contribution in [3.05, 3.63) is 80.3 Å². The second kappa shape index (κ2) is 14.2. The molecule has 47 heavy (non-hydrogen) atoms. The molecule has 1 fully saturated rings. The largest absolute Gasteiger partial charge is 0.465 e. The number of amides is 2. The Balaban J connectivity index is 1.57. The molecule has 0 aliphatic carbocycles. The molecule has 0 saturated carbocycles. The molecule has 0 bridgehead atoms. The van der Waals surface area contributed by atoms with Crippen molar-refractivity contribution in [1.82, 2.24) is 14.7 Å². The topological polar surface area (TPSA) is 85.7 Å². The molecule has 0 spiro atoms. The average molecular weight is 718 g/mol. The number of carbonyl (C=O) groups excluding carboxylic acids is 1. The number of benzene rings is 2. The van der Waals surface area contributed by atoms with Gasteiger partial charge < -0.3 is 24.2 Å². The van der Waals surface area contributed by atoms with E-state index in [4.69, 9.17) is 32.6 Å². The maximum atomic E-state index is 14.8. The van der Waals surface area contributed by atoms with Crippen molar-refractivity contribution in [2.75, 3.05) is 19.6 Å². The van der Waals surface area contributed by atoms with Crippen LogP contribution in [0.15, 0.2) is 64.1 Å². The number of carboxylic acid groups (broad SMARTS) is 1. The van der Waals surface area contributed by atoms with E-state index < -0.39 is 19.9 Å². The second-order valence-corrected chi connectivity index (χ2v) is 19.7. The molecule has 2 aromatic rings. The predicted molar refractivity (Wildman–Crippen MR) is 195 cm³/mol. The fraction of sp³-hybridized carbons (Fsp3) is 0.514. The molecule has 12 heteroatoms. The Morgan fingerprint density at radius 3 is 2.11 bits per heavy atom. The van der Waals surface area contributed by atoms with Gasteiger partial charge in [-0.25, -0.2) is 9.79 Å². The first-order valence-corrected chi connectivity index (χ1v) is 20.7. The Morgan fingerprint density at radius 2 is 1.60 bits per heavy atom. The maximum absolute atomic E-state index is 14.8. The molecular formula is C35H46Cl2N4O4SSi. The predicted octanol–water partition coefficient (Wildman–Crippen LogP) is 8.84. The maximum Gasteiger partial charge on any atom is 0.407 e. The van der Waals surface area contributed by atoms with Gasteiger partial charge in [0.1, 0.15) is 10.4 Å². The summed E-state index contributed by atoms with van der Waals surface area (Å²) in [5.41, 5.74) is 2.30. The molecule has 2 amide bonds. The van der Waals surface area contributed by atoms with Gasteiger partial charge in [0.05, 0.1) is 24.7 Å². The van der Waals surface area contributed by atoms with Crippen LogP contribution in [0.25, 0.3) is 0 Å². The third kappa shape index (κ3) is 6.60. The van der Waals surface area contributed by atoms with Crippen molar-refractivity contribution in [3.8, 4) is 0 Å². The van der Waals surface area contributed by atoms with Gasteiger partial charge in [-0.1, -0.05) is 82.1 Å². The van der Waals surface area contributed by atoms with E-state index in [1.165, 1.54) is 16.7 Å². The summed E-state index contributed by atoms with van der Waals surface area (Å²) < 4.78 is 6.92. The first-order chi connectivity index (χ1) is 22.3. The van der Waals surface area contributed by atoms with E-state index in [-0.39, 0.29) is 43.1 Å². The lowest BCUT2D eigenvalue weighted by atomic mass is 9.81. The van der Waals surface area contributed by atoms with Crippen molar-refractivity contribution in [3.63, 3.8) is 0 Å². The van der Waals surface area contributed by atoms with Crippen LogP contribution in [-0.4, -0.2) is 77.1 Å². The molecule has 3 aliphatic rings. The number of nitrogens with zero attached hydrogens (tertiary/aromatic N) is 4. The Kier molecular flexibility index (Phi) is 10.8. The normalized spacial score (nSPS) is 24.3. The zero-order chi connectivity index (χ0) is 34.3. The van der Waals surface area contributed by atoms with E-state index in [0.29, 0.717) is 21.5 Å². The van der Waals surface area contributed by atoms with E-state index in [9.17, 15) is 14.7 Å². The zero-order valence-corrected chi connectivity index (χ0v) is 31.6. The Hall–Kier alpha value is -2.50. The lowest BCUT2D eigenvalue weighted by Gasteiger charge is -2.38. The van der Waals surface area contributed by atoms with Crippen LogP contribution in [0.5, 0.6) is 0 Å². The smallest absolute Gasteiger partial charge is 0.407 e. The number of hydrogen-bond donors (Lipinski definition) is 1. The summed E-state index contributed by atoms with van der Waals surface area (Å²) in [5, 5.41) is 12.1. The van der Waals surface area contributed by atoms with Crippen LogP contribution in [0, 0.1) is 5.92 Å². The van der Waals surface area contributed by atoms with Crippen LogP contribution in [-0.2, 0) is 14.8 Å². The molecule has 1 N–H and O–H groups in total. The number of hydrogen-bond acceptors (Lipinski definition) is 6. The molecule has 254 valence electrons. The lowest BCUT2D eigenvalue weighted by molar-refractivity contribution is -0.129. The average Bonchev–Trinajstić information content (AvgIpc) is 3.71. The van der Waals surface area contributed by atoms with Gasteiger partial charge in [-0.3, -0.25) is 4.79 Å². The number of carbonyl (C=O) groups is 2. The monoisotopic (exact) mass is 716 g/mol. The summed E-state index contributed by atoms with van der Waals surface area (Å²) in [4.78, 5) is 38.5. The van der Waals surface area contributed by atoms with Crippen LogP contribution in [0.1, 0.15) is 65.6 Å². The summed E-state index contributed by atoms with van der Waals surface area (Å²) in [6, 6.07) is 17.9. The van der Waals surface area contributed by atoms with E-state index in [2.05, 4.69) is 46.4 Å². The molecule has 0 aromatic heterocycles.